The van der Waals surface area contributed by atoms with Crippen molar-refractivity contribution in [2.75, 3.05) is 0 Å². The zero-order valence-electron chi connectivity index (χ0n) is 9.84. The van der Waals surface area contributed by atoms with Crippen LogP contribution in [0, 0.1) is 11.7 Å². The third-order valence-corrected chi connectivity index (χ3v) is 3.44. The van der Waals surface area contributed by atoms with E-state index >= 15 is 0 Å². The highest BCUT2D eigenvalue weighted by Gasteiger charge is 2.16. The van der Waals surface area contributed by atoms with E-state index < -0.39 is 0 Å². The Labute approximate surface area is 109 Å². The fourth-order valence-corrected chi connectivity index (χ4v) is 1.65. The molecule has 0 bridgehead atoms. The number of benzene rings is 1. The van der Waals surface area contributed by atoms with Crippen molar-refractivity contribution in [3.63, 3.8) is 0 Å². The maximum absolute atomic E-state index is 13.0. The first-order valence-corrected chi connectivity index (χ1v) is 6.18. The molecule has 94 valence electrons. The summed E-state index contributed by atoms with van der Waals surface area (Å²) in [6.07, 6.45) is 0. The van der Waals surface area contributed by atoms with Gasteiger partial charge in [-0.3, -0.25) is 4.79 Å². The minimum absolute atomic E-state index is 0.129. The summed E-state index contributed by atoms with van der Waals surface area (Å²) in [6, 6.07) is 4.16. The summed E-state index contributed by atoms with van der Waals surface area (Å²) in [7, 11) is 0. The van der Waals surface area contributed by atoms with Crippen molar-refractivity contribution >= 4 is 21.8 Å². The van der Waals surface area contributed by atoms with Crippen LogP contribution in [0.4, 0.5) is 4.39 Å². The first-order chi connectivity index (χ1) is 7.91. The number of carbonyl (C=O) groups excluding carboxylic acids is 1. The van der Waals surface area contributed by atoms with Gasteiger partial charge in [-0.15, -0.1) is 0 Å². The molecular weight excluding hydrogens is 287 g/mol. The van der Waals surface area contributed by atoms with Crippen molar-refractivity contribution in [3.8, 4) is 0 Å². The van der Waals surface area contributed by atoms with Crippen LogP contribution in [-0.2, 0) is 11.3 Å². The van der Waals surface area contributed by atoms with Crippen molar-refractivity contribution in [3.05, 3.63) is 34.1 Å². The SMILES string of the molecule is CC(N)C(C)C(=O)NCc1cc(F)ccc1Br. The highest BCUT2D eigenvalue weighted by molar-refractivity contribution is 9.10. The minimum atomic E-state index is -0.322. The van der Waals surface area contributed by atoms with Gasteiger partial charge < -0.3 is 11.1 Å². The maximum atomic E-state index is 13.0. The summed E-state index contributed by atoms with van der Waals surface area (Å²) in [5.74, 6) is -0.712. The normalized spacial score (nSPS) is 14.2. The van der Waals surface area contributed by atoms with Crippen LogP contribution in [0.5, 0.6) is 0 Å². The Morgan fingerprint density at radius 1 is 1.53 bits per heavy atom. The molecule has 0 aromatic heterocycles. The number of carbonyl (C=O) groups is 1. The molecule has 17 heavy (non-hydrogen) atoms. The van der Waals surface area contributed by atoms with Crippen molar-refractivity contribution in [2.45, 2.75) is 26.4 Å². The first kappa shape index (κ1) is 14.1. The molecule has 1 rings (SSSR count). The minimum Gasteiger partial charge on any atom is -0.352 e. The Hall–Kier alpha value is -0.940. The Morgan fingerprint density at radius 3 is 2.76 bits per heavy atom. The van der Waals surface area contributed by atoms with Gasteiger partial charge in [0.1, 0.15) is 5.82 Å². The van der Waals surface area contributed by atoms with Crippen LogP contribution in [-0.4, -0.2) is 11.9 Å². The van der Waals surface area contributed by atoms with E-state index in [9.17, 15) is 9.18 Å². The summed E-state index contributed by atoms with van der Waals surface area (Å²) in [4.78, 5) is 11.7. The van der Waals surface area contributed by atoms with Gasteiger partial charge in [0, 0.05) is 23.0 Å². The van der Waals surface area contributed by atoms with Crippen LogP contribution in [0.15, 0.2) is 22.7 Å². The second-order valence-electron chi connectivity index (χ2n) is 4.10. The third-order valence-electron chi connectivity index (χ3n) is 2.66. The number of halogens is 2. The molecule has 2 atom stereocenters. The quantitative estimate of drug-likeness (QED) is 0.896. The van der Waals surface area contributed by atoms with E-state index in [-0.39, 0.29) is 30.2 Å². The topological polar surface area (TPSA) is 55.1 Å². The van der Waals surface area contributed by atoms with Crippen LogP contribution in [0.2, 0.25) is 0 Å². The summed E-state index contributed by atoms with van der Waals surface area (Å²) < 4.78 is 13.8. The smallest absolute Gasteiger partial charge is 0.224 e. The molecule has 1 aromatic carbocycles. The monoisotopic (exact) mass is 302 g/mol. The molecule has 0 fully saturated rings. The third kappa shape index (κ3) is 4.09. The molecule has 0 aliphatic carbocycles. The van der Waals surface area contributed by atoms with Crippen molar-refractivity contribution in [1.82, 2.24) is 5.32 Å². The lowest BCUT2D eigenvalue weighted by Crippen LogP contribution is -2.38. The Kier molecular flexibility index (Phi) is 5.08. The van der Waals surface area contributed by atoms with E-state index in [2.05, 4.69) is 21.2 Å². The molecule has 0 aliphatic rings. The zero-order chi connectivity index (χ0) is 13.0. The number of nitrogens with two attached hydrogens (primary N) is 1. The summed E-state index contributed by atoms with van der Waals surface area (Å²) >= 11 is 3.30. The molecule has 1 aromatic rings. The highest BCUT2D eigenvalue weighted by atomic mass is 79.9. The van der Waals surface area contributed by atoms with Crippen LogP contribution >= 0.6 is 15.9 Å². The molecular formula is C12H16BrFN2O. The van der Waals surface area contributed by atoms with E-state index in [1.165, 1.54) is 12.1 Å². The lowest BCUT2D eigenvalue weighted by Gasteiger charge is -2.15. The summed E-state index contributed by atoms with van der Waals surface area (Å²) in [5.41, 5.74) is 6.33. The van der Waals surface area contributed by atoms with Gasteiger partial charge in [0.15, 0.2) is 0 Å². The van der Waals surface area contributed by atoms with Gasteiger partial charge in [-0.05, 0) is 30.7 Å². The largest absolute Gasteiger partial charge is 0.352 e. The number of amides is 1. The van der Waals surface area contributed by atoms with Crippen molar-refractivity contribution in [2.24, 2.45) is 11.7 Å². The van der Waals surface area contributed by atoms with E-state index in [1.807, 2.05) is 0 Å². The first-order valence-electron chi connectivity index (χ1n) is 5.39. The molecule has 1 amide bonds. The lowest BCUT2D eigenvalue weighted by atomic mass is 10.0. The molecule has 0 aliphatic heterocycles. The average Bonchev–Trinajstić information content (AvgIpc) is 2.28. The molecule has 0 spiro atoms. The molecule has 2 unspecified atom stereocenters. The standard InChI is InChI=1S/C12H16BrFN2O/c1-7(8(2)15)12(17)16-6-9-5-10(14)3-4-11(9)13/h3-5,7-8H,6,15H2,1-2H3,(H,16,17). The van der Waals surface area contributed by atoms with E-state index in [4.69, 9.17) is 5.73 Å². The summed E-state index contributed by atoms with van der Waals surface area (Å²) in [6.45, 7) is 3.83. The molecule has 0 saturated carbocycles. The number of nitrogens with one attached hydrogen (secondary N) is 1. The van der Waals surface area contributed by atoms with Crippen LogP contribution in [0.25, 0.3) is 0 Å². The Morgan fingerprint density at radius 2 is 2.18 bits per heavy atom. The molecule has 3 N–H and O–H groups in total. The second-order valence-corrected chi connectivity index (χ2v) is 4.96. The number of hydrogen-bond donors (Lipinski definition) is 2. The maximum Gasteiger partial charge on any atom is 0.224 e. The van der Waals surface area contributed by atoms with Crippen LogP contribution < -0.4 is 11.1 Å². The van der Waals surface area contributed by atoms with Gasteiger partial charge >= 0.3 is 0 Å². The van der Waals surface area contributed by atoms with E-state index in [1.54, 1.807) is 19.9 Å². The fraction of sp³-hybridized carbons (Fsp3) is 0.417. The number of hydrogen-bond acceptors (Lipinski definition) is 2. The van der Waals surface area contributed by atoms with Crippen LogP contribution in [0.3, 0.4) is 0 Å². The van der Waals surface area contributed by atoms with Gasteiger partial charge in [0.25, 0.3) is 0 Å². The van der Waals surface area contributed by atoms with Gasteiger partial charge in [-0.2, -0.15) is 0 Å². The van der Waals surface area contributed by atoms with E-state index in [0.29, 0.717) is 5.56 Å². The predicted octanol–water partition coefficient (Wildman–Crippen LogP) is 2.19. The number of rotatable bonds is 4. The Bertz CT molecular complexity index is 409. The molecule has 0 radical (unpaired) electrons. The zero-order valence-corrected chi connectivity index (χ0v) is 11.4. The highest BCUT2D eigenvalue weighted by Crippen LogP contribution is 2.17. The fourth-order valence-electron chi connectivity index (χ4n) is 1.26. The van der Waals surface area contributed by atoms with Crippen molar-refractivity contribution < 1.29 is 9.18 Å². The lowest BCUT2D eigenvalue weighted by molar-refractivity contribution is -0.125. The Balaban J connectivity index is 2.61. The molecule has 0 heterocycles. The molecule has 5 heteroatoms. The van der Waals surface area contributed by atoms with Crippen LogP contribution in [0.1, 0.15) is 19.4 Å². The van der Waals surface area contributed by atoms with Gasteiger partial charge in [0.2, 0.25) is 5.91 Å². The molecule has 0 saturated heterocycles. The second kappa shape index (κ2) is 6.12. The average molecular weight is 303 g/mol. The summed E-state index contributed by atoms with van der Waals surface area (Å²) in [5, 5.41) is 2.73. The molecule has 3 nitrogen and oxygen atoms in total. The van der Waals surface area contributed by atoms with E-state index in [0.717, 1.165) is 4.47 Å². The van der Waals surface area contributed by atoms with Gasteiger partial charge in [0.05, 0.1) is 0 Å². The van der Waals surface area contributed by atoms with Crippen molar-refractivity contribution in [1.29, 1.82) is 0 Å². The predicted molar refractivity (Wildman–Crippen MR) is 68.8 cm³/mol. The van der Waals surface area contributed by atoms with Gasteiger partial charge in [-0.1, -0.05) is 22.9 Å². The van der Waals surface area contributed by atoms with Gasteiger partial charge in [-0.25, -0.2) is 4.39 Å².